The summed E-state index contributed by atoms with van der Waals surface area (Å²) >= 11 is 0. The fraction of sp³-hybridized carbons (Fsp3) is 0.784. The molecule has 10 heteroatoms. The molecular weight excluding hydrogens is 788 g/mol. The third kappa shape index (κ3) is 47.5. The number of unbranched alkanes of at least 4 members (excludes halogenated alkanes) is 23. The fourth-order valence-corrected chi connectivity index (χ4v) is 7.53. The Morgan fingerprint density at radius 2 is 0.934 bits per heavy atom. The van der Waals surface area contributed by atoms with Crippen LogP contribution in [0, 0.1) is 0 Å². The third-order valence-electron chi connectivity index (χ3n) is 10.5. The smallest absolute Gasteiger partial charge is 0.457 e. The largest absolute Gasteiger partial charge is 0.472 e. The van der Waals surface area contributed by atoms with Crippen LogP contribution >= 0.6 is 7.82 Å². The van der Waals surface area contributed by atoms with Crippen molar-refractivity contribution < 1.29 is 43.0 Å². The van der Waals surface area contributed by atoms with Gasteiger partial charge in [0.2, 0.25) is 0 Å². The molecule has 0 aromatic heterocycles. The molecule has 0 heterocycles. The van der Waals surface area contributed by atoms with E-state index in [9.17, 15) is 19.4 Å². The second-order valence-electron chi connectivity index (χ2n) is 16.5. The van der Waals surface area contributed by atoms with E-state index >= 15 is 0 Å². The Labute approximate surface area is 374 Å². The van der Waals surface area contributed by atoms with Crippen LogP contribution < -0.4 is 0 Å². The van der Waals surface area contributed by atoms with Gasteiger partial charge in [0.05, 0.1) is 26.4 Å². The number of phosphoric ester groups is 1. The highest BCUT2D eigenvalue weighted by Gasteiger charge is 2.26. The lowest BCUT2D eigenvalue weighted by Gasteiger charge is -2.20. The summed E-state index contributed by atoms with van der Waals surface area (Å²) in [6.07, 6.45) is 56.1. The Hall–Kier alpha value is -1.84. The molecule has 0 aromatic rings. The van der Waals surface area contributed by atoms with Crippen LogP contribution in [0.4, 0.5) is 0 Å². The van der Waals surface area contributed by atoms with Gasteiger partial charge in [-0.3, -0.25) is 13.8 Å². The van der Waals surface area contributed by atoms with E-state index in [1.165, 1.54) is 116 Å². The van der Waals surface area contributed by atoms with Crippen molar-refractivity contribution >= 4 is 13.8 Å². The van der Waals surface area contributed by atoms with Crippen molar-refractivity contribution in [2.24, 2.45) is 0 Å². The summed E-state index contributed by atoms with van der Waals surface area (Å²) in [5, 5.41) is 18.4. The molecule has 9 nitrogen and oxygen atoms in total. The molecular formula is C51H93O9P. The highest BCUT2D eigenvalue weighted by atomic mass is 31.2. The number of ether oxygens (including phenoxy) is 2. The summed E-state index contributed by atoms with van der Waals surface area (Å²) in [4.78, 5) is 22.7. The van der Waals surface area contributed by atoms with Gasteiger partial charge in [0.15, 0.2) is 0 Å². The first-order valence-electron chi connectivity index (χ1n) is 24.8. The maximum Gasteiger partial charge on any atom is 0.472 e. The van der Waals surface area contributed by atoms with E-state index in [0.29, 0.717) is 13.0 Å². The molecule has 0 saturated heterocycles. The molecule has 0 radical (unpaired) electrons. The van der Waals surface area contributed by atoms with Crippen LogP contribution in [0.2, 0.25) is 0 Å². The SMILES string of the molecule is CC/C=C\C/C=C\C/C=C\C/C=C\C/C=C\CCCCCCCCCC(=O)OC(COCCCCCCCCCCCCCCCCCCC)COP(=O)(O)OCC(O)CO. The van der Waals surface area contributed by atoms with Crippen molar-refractivity contribution in [3.63, 3.8) is 0 Å². The van der Waals surface area contributed by atoms with Crippen LogP contribution in [0.25, 0.3) is 0 Å². The van der Waals surface area contributed by atoms with E-state index in [2.05, 4.69) is 74.6 Å². The minimum Gasteiger partial charge on any atom is -0.457 e. The van der Waals surface area contributed by atoms with Gasteiger partial charge in [-0.15, -0.1) is 0 Å². The molecule has 61 heavy (non-hydrogen) atoms. The van der Waals surface area contributed by atoms with E-state index in [1.54, 1.807) is 0 Å². The highest BCUT2D eigenvalue weighted by Crippen LogP contribution is 2.43. The minimum absolute atomic E-state index is 0.0451. The number of carbonyl (C=O) groups excluding carboxylic acids is 1. The molecule has 0 saturated carbocycles. The monoisotopic (exact) mass is 881 g/mol. The van der Waals surface area contributed by atoms with E-state index in [-0.39, 0.29) is 19.6 Å². The first kappa shape index (κ1) is 59.2. The second-order valence-corrected chi connectivity index (χ2v) is 17.9. The number of rotatable bonds is 47. The lowest BCUT2D eigenvalue weighted by molar-refractivity contribution is -0.154. The van der Waals surface area contributed by atoms with Crippen molar-refractivity contribution in [2.45, 2.75) is 225 Å². The topological polar surface area (TPSA) is 132 Å². The molecule has 0 aliphatic rings. The second kappa shape index (κ2) is 47.6. The maximum atomic E-state index is 12.7. The van der Waals surface area contributed by atoms with E-state index < -0.39 is 39.2 Å². The number of allylic oxidation sites excluding steroid dienone is 10. The Bertz CT molecular complexity index is 1140. The predicted octanol–water partition coefficient (Wildman–Crippen LogP) is 14.3. The van der Waals surface area contributed by atoms with Gasteiger partial charge in [0.1, 0.15) is 12.2 Å². The lowest BCUT2D eigenvalue weighted by atomic mass is 10.0. The first-order valence-corrected chi connectivity index (χ1v) is 26.3. The summed E-state index contributed by atoms with van der Waals surface area (Å²) in [7, 11) is -4.53. The molecule has 0 aliphatic heterocycles. The number of esters is 1. The van der Waals surface area contributed by atoms with Gasteiger partial charge in [-0.2, -0.15) is 0 Å². The standard InChI is InChI=1S/C51H93O9P/c1-3-5-7-9-11-13-15-17-19-21-22-23-24-25-26-27-29-31-33-35-37-39-41-43-51(54)60-50(48-59-61(55,56)58-46-49(53)45-52)47-57-44-42-40-38-36-34-32-30-28-20-18-16-14-12-10-8-6-4-2/h5,7,11,13,17,19,22-23,25-26,49-50,52-53H,3-4,6,8-10,12,14-16,18,20-21,24,27-48H2,1-2H3,(H,55,56)/b7-5-,13-11-,19-17-,23-22-,26-25-. The first-order chi connectivity index (χ1) is 29.8. The van der Waals surface area contributed by atoms with Crippen LogP contribution in [0.5, 0.6) is 0 Å². The number of phosphoric acid groups is 1. The highest BCUT2D eigenvalue weighted by molar-refractivity contribution is 7.47. The van der Waals surface area contributed by atoms with Gasteiger partial charge in [0.25, 0.3) is 0 Å². The molecule has 3 N–H and O–H groups in total. The number of aliphatic hydroxyl groups excluding tert-OH is 2. The Morgan fingerprint density at radius 1 is 0.525 bits per heavy atom. The molecule has 356 valence electrons. The van der Waals surface area contributed by atoms with Crippen molar-refractivity contribution in [1.29, 1.82) is 0 Å². The van der Waals surface area contributed by atoms with Gasteiger partial charge >= 0.3 is 13.8 Å². The molecule has 0 aromatic carbocycles. The normalized spacial score (nSPS) is 14.4. The van der Waals surface area contributed by atoms with Crippen LogP contribution in [0.1, 0.15) is 213 Å². The number of aliphatic hydroxyl groups is 2. The average Bonchev–Trinajstić information content (AvgIpc) is 3.25. The number of hydrogen-bond donors (Lipinski definition) is 3. The summed E-state index contributed by atoms with van der Waals surface area (Å²) in [5.74, 6) is -0.392. The lowest BCUT2D eigenvalue weighted by Crippen LogP contribution is -2.29. The maximum absolute atomic E-state index is 12.7. The molecule has 0 rings (SSSR count). The predicted molar refractivity (Wildman–Crippen MR) is 256 cm³/mol. The zero-order chi connectivity index (χ0) is 44.6. The number of carbonyl (C=O) groups is 1. The molecule has 0 aliphatic carbocycles. The van der Waals surface area contributed by atoms with Gasteiger partial charge in [-0.1, -0.05) is 209 Å². The van der Waals surface area contributed by atoms with Crippen molar-refractivity contribution in [3.05, 3.63) is 60.8 Å². The molecule has 0 bridgehead atoms. The zero-order valence-electron chi connectivity index (χ0n) is 39.1. The van der Waals surface area contributed by atoms with Crippen molar-refractivity contribution in [2.75, 3.05) is 33.0 Å². The van der Waals surface area contributed by atoms with Gasteiger partial charge < -0.3 is 24.6 Å². The molecule has 3 atom stereocenters. The van der Waals surface area contributed by atoms with E-state index in [1.807, 2.05) is 0 Å². The van der Waals surface area contributed by atoms with Gasteiger partial charge in [0, 0.05) is 13.0 Å². The summed E-state index contributed by atoms with van der Waals surface area (Å²) in [6, 6.07) is 0. The average molecular weight is 881 g/mol. The van der Waals surface area contributed by atoms with Gasteiger partial charge in [-0.05, 0) is 57.8 Å². The molecule has 0 amide bonds. The molecule has 0 fully saturated rings. The van der Waals surface area contributed by atoms with Gasteiger partial charge in [-0.25, -0.2) is 4.57 Å². The van der Waals surface area contributed by atoms with Crippen LogP contribution in [-0.2, 0) is 27.9 Å². The Kier molecular flexibility index (Phi) is 46.2. The Balaban J connectivity index is 4.12. The number of hydrogen-bond acceptors (Lipinski definition) is 8. The fourth-order valence-electron chi connectivity index (χ4n) is 6.74. The van der Waals surface area contributed by atoms with Crippen LogP contribution in [-0.4, -0.2) is 66.3 Å². The zero-order valence-corrected chi connectivity index (χ0v) is 40.0. The summed E-state index contributed by atoms with van der Waals surface area (Å²) in [5.41, 5.74) is 0. The molecule has 0 spiro atoms. The third-order valence-corrected chi connectivity index (χ3v) is 11.4. The summed E-state index contributed by atoms with van der Waals surface area (Å²) < 4.78 is 33.5. The van der Waals surface area contributed by atoms with E-state index in [4.69, 9.17) is 23.6 Å². The summed E-state index contributed by atoms with van der Waals surface area (Å²) in [6.45, 7) is 3.42. The minimum atomic E-state index is -4.53. The molecule has 3 unspecified atom stereocenters. The van der Waals surface area contributed by atoms with Crippen molar-refractivity contribution in [1.82, 2.24) is 0 Å². The Morgan fingerprint density at radius 3 is 1.41 bits per heavy atom. The van der Waals surface area contributed by atoms with Crippen molar-refractivity contribution in [3.8, 4) is 0 Å². The van der Waals surface area contributed by atoms with Crippen LogP contribution in [0.3, 0.4) is 0 Å². The van der Waals surface area contributed by atoms with Crippen LogP contribution in [0.15, 0.2) is 60.8 Å². The quantitative estimate of drug-likeness (QED) is 0.0237. The van der Waals surface area contributed by atoms with E-state index in [0.717, 1.165) is 70.6 Å².